The Morgan fingerprint density at radius 3 is 2.58 bits per heavy atom. The van der Waals surface area contributed by atoms with Crippen LogP contribution in [0.25, 0.3) is 6.08 Å². The molecule has 0 radical (unpaired) electrons. The molecular formula is C16H15NO7S2. The normalized spacial score (nSPS) is 15.4. The molecular weight excluding hydrogens is 382 g/mol. The summed E-state index contributed by atoms with van der Waals surface area (Å²) in [5.41, 5.74) is 0.604. The molecule has 26 heavy (non-hydrogen) atoms. The fraction of sp³-hybridized carbons (Fsp3) is 0.250. The van der Waals surface area contributed by atoms with Gasteiger partial charge in [0.2, 0.25) is 0 Å². The highest BCUT2D eigenvalue weighted by atomic mass is 32.2. The van der Waals surface area contributed by atoms with Crippen molar-refractivity contribution in [3.63, 3.8) is 0 Å². The first-order chi connectivity index (χ1) is 12.3. The van der Waals surface area contributed by atoms with Gasteiger partial charge in [-0.2, -0.15) is 0 Å². The molecule has 2 N–H and O–H groups in total. The molecule has 0 unspecified atom stereocenters. The van der Waals surface area contributed by atoms with Gasteiger partial charge in [0, 0.05) is 0 Å². The molecule has 138 valence electrons. The molecule has 1 fully saturated rings. The third-order valence-electron chi connectivity index (χ3n) is 3.08. The van der Waals surface area contributed by atoms with Crippen LogP contribution in [0.5, 0.6) is 11.5 Å². The van der Waals surface area contributed by atoms with Crippen molar-refractivity contribution in [3.8, 4) is 11.5 Å². The van der Waals surface area contributed by atoms with Crippen LogP contribution in [0.1, 0.15) is 12.5 Å². The SMILES string of the molecule is CCOc1cc(C=C2SC(=S)N(CC(=O)O)C2=O)ccc1OCC(=O)O. The maximum absolute atomic E-state index is 12.3. The van der Waals surface area contributed by atoms with Gasteiger partial charge >= 0.3 is 11.9 Å². The predicted octanol–water partition coefficient (Wildman–Crippen LogP) is 1.83. The van der Waals surface area contributed by atoms with Crippen LogP contribution < -0.4 is 9.47 Å². The second kappa shape index (κ2) is 8.68. The molecule has 1 aliphatic rings. The monoisotopic (exact) mass is 397 g/mol. The van der Waals surface area contributed by atoms with Gasteiger partial charge in [-0.3, -0.25) is 14.5 Å². The van der Waals surface area contributed by atoms with Gasteiger partial charge < -0.3 is 19.7 Å². The van der Waals surface area contributed by atoms with E-state index in [1.54, 1.807) is 25.1 Å². The Kier molecular flexibility index (Phi) is 6.58. The number of hydrogen-bond acceptors (Lipinski definition) is 7. The molecule has 0 bridgehead atoms. The second-order valence-corrected chi connectivity index (χ2v) is 6.66. The van der Waals surface area contributed by atoms with Gasteiger partial charge in [0.05, 0.1) is 11.5 Å². The van der Waals surface area contributed by atoms with Crippen molar-refractivity contribution in [1.29, 1.82) is 0 Å². The molecule has 1 amide bonds. The fourth-order valence-electron chi connectivity index (χ4n) is 2.06. The summed E-state index contributed by atoms with van der Waals surface area (Å²) in [6.07, 6.45) is 1.56. The number of carbonyl (C=O) groups excluding carboxylic acids is 1. The lowest BCUT2D eigenvalue weighted by Gasteiger charge is -2.11. The molecule has 1 aromatic carbocycles. The summed E-state index contributed by atoms with van der Waals surface area (Å²) in [5.74, 6) is -2.14. The number of benzene rings is 1. The van der Waals surface area contributed by atoms with E-state index in [0.717, 1.165) is 16.7 Å². The Bertz CT molecular complexity index is 791. The molecule has 1 aromatic rings. The van der Waals surface area contributed by atoms with E-state index in [0.29, 0.717) is 17.9 Å². The van der Waals surface area contributed by atoms with E-state index in [2.05, 4.69) is 0 Å². The summed E-state index contributed by atoms with van der Waals surface area (Å²) in [7, 11) is 0. The second-order valence-electron chi connectivity index (χ2n) is 4.98. The van der Waals surface area contributed by atoms with Crippen LogP contribution in [0.3, 0.4) is 0 Å². The minimum Gasteiger partial charge on any atom is -0.490 e. The van der Waals surface area contributed by atoms with E-state index in [9.17, 15) is 14.4 Å². The van der Waals surface area contributed by atoms with E-state index < -0.39 is 31.0 Å². The topological polar surface area (TPSA) is 113 Å². The third kappa shape index (κ3) is 4.96. The lowest BCUT2D eigenvalue weighted by molar-refractivity contribution is -0.140. The van der Waals surface area contributed by atoms with E-state index in [1.165, 1.54) is 6.07 Å². The number of amides is 1. The number of nitrogens with zero attached hydrogens (tertiary/aromatic N) is 1. The first kappa shape index (κ1) is 19.7. The average Bonchev–Trinajstić information content (AvgIpc) is 2.81. The zero-order chi connectivity index (χ0) is 19.3. The van der Waals surface area contributed by atoms with Crippen LogP contribution >= 0.6 is 24.0 Å². The van der Waals surface area contributed by atoms with Crippen molar-refractivity contribution in [2.75, 3.05) is 19.8 Å². The van der Waals surface area contributed by atoms with Gasteiger partial charge in [0.1, 0.15) is 10.9 Å². The molecule has 0 atom stereocenters. The molecule has 0 saturated carbocycles. The van der Waals surface area contributed by atoms with Gasteiger partial charge in [-0.05, 0) is 30.7 Å². The maximum atomic E-state index is 12.3. The molecule has 0 spiro atoms. The minimum atomic E-state index is -1.15. The molecule has 0 aliphatic carbocycles. The standard InChI is InChI=1S/C16H15NO7S2/c1-2-23-11-5-9(3-4-10(11)24-8-14(20)21)6-12-15(22)17(7-13(18)19)16(25)26-12/h3-6H,2,7-8H2,1H3,(H,18,19)(H,20,21). The van der Waals surface area contributed by atoms with Crippen molar-refractivity contribution in [3.05, 3.63) is 28.7 Å². The van der Waals surface area contributed by atoms with E-state index in [-0.39, 0.29) is 15.0 Å². The van der Waals surface area contributed by atoms with Gasteiger partial charge in [0.15, 0.2) is 18.1 Å². The summed E-state index contributed by atoms with van der Waals surface area (Å²) in [6.45, 7) is 1.11. The summed E-state index contributed by atoms with van der Waals surface area (Å²) in [4.78, 5) is 35.0. The Morgan fingerprint density at radius 1 is 1.23 bits per heavy atom. The van der Waals surface area contributed by atoms with Crippen molar-refractivity contribution in [2.45, 2.75) is 6.92 Å². The first-order valence-electron chi connectivity index (χ1n) is 7.40. The van der Waals surface area contributed by atoms with Gasteiger partial charge in [-0.25, -0.2) is 4.79 Å². The zero-order valence-corrected chi connectivity index (χ0v) is 15.3. The Hall–Kier alpha value is -2.59. The number of rotatable bonds is 8. The lowest BCUT2D eigenvalue weighted by Crippen LogP contribution is -2.33. The molecule has 1 heterocycles. The maximum Gasteiger partial charge on any atom is 0.341 e. The van der Waals surface area contributed by atoms with Crippen molar-refractivity contribution in [2.24, 2.45) is 0 Å². The Labute approximate surface area is 158 Å². The highest BCUT2D eigenvalue weighted by Crippen LogP contribution is 2.34. The number of thioether (sulfide) groups is 1. The number of ether oxygens (including phenoxy) is 2. The molecule has 1 aliphatic heterocycles. The number of aliphatic carboxylic acids is 2. The molecule has 2 rings (SSSR count). The summed E-state index contributed by atoms with van der Waals surface area (Å²) in [5, 5.41) is 17.6. The summed E-state index contributed by atoms with van der Waals surface area (Å²) >= 11 is 6.05. The molecule has 0 aromatic heterocycles. The van der Waals surface area contributed by atoms with Crippen LogP contribution in [-0.2, 0) is 14.4 Å². The number of thiocarbonyl (C=S) groups is 1. The van der Waals surface area contributed by atoms with Crippen molar-refractivity contribution >= 4 is 52.2 Å². The fourth-order valence-corrected chi connectivity index (χ4v) is 3.32. The number of carboxylic acids is 2. The number of carboxylic acid groups (broad SMARTS) is 2. The molecule has 10 heteroatoms. The van der Waals surface area contributed by atoms with Crippen molar-refractivity contribution < 1.29 is 34.1 Å². The Balaban J connectivity index is 2.25. The smallest absolute Gasteiger partial charge is 0.341 e. The average molecular weight is 397 g/mol. The first-order valence-corrected chi connectivity index (χ1v) is 8.63. The molecule has 1 saturated heterocycles. The van der Waals surface area contributed by atoms with Crippen LogP contribution in [-0.4, -0.2) is 57.0 Å². The Morgan fingerprint density at radius 2 is 1.96 bits per heavy atom. The lowest BCUT2D eigenvalue weighted by atomic mass is 10.2. The van der Waals surface area contributed by atoms with Gasteiger partial charge in [0.25, 0.3) is 5.91 Å². The predicted molar refractivity (Wildman–Crippen MR) is 98.3 cm³/mol. The van der Waals surface area contributed by atoms with Gasteiger partial charge in [-0.1, -0.05) is 30.0 Å². The largest absolute Gasteiger partial charge is 0.490 e. The highest BCUT2D eigenvalue weighted by molar-refractivity contribution is 8.26. The van der Waals surface area contributed by atoms with Crippen LogP contribution in [0.2, 0.25) is 0 Å². The van der Waals surface area contributed by atoms with Crippen LogP contribution in [0.15, 0.2) is 23.1 Å². The summed E-state index contributed by atoms with van der Waals surface area (Å²) < 4.78 is 10.8. The zero-order valence-electron chi connectivity index (χ0n) is 13.6. The van der Waals surface area contributed by atoms with Crippen LogP contribution in [0, 0.1) is 0 Å². The van der Waals surface area contributed by atoms with E-state index >= 15 is 0 Å². The van der Waals surface area contributed by atoms with Crippen molar-refractivity contribution in [1.82, 2.24) is 4.90 Å². The third-order valence-corrected chi connectivity index (χ3v) is 4.46. The number of carbonyl (C=O) groups is 3. The minimum absolute atomic E-state index is 0.176. The van der Waals surface area contributed by atoms with E-state index in [1.807, 2.05) is 0 Å². The summed E-state index contributed by atoms with van der Waals surface area (Å²) in [6, 6.07) is 4.77. The highest BCUT2D eigenvalue weighted by Gasteiger charge is 2.33. The quantitative estimate of drug-likeness (QED) is 0.501. The van der Waals surface area contributed by atoms with E-state index in [4.69, 9.17) is 31.9 Å². The molecule has 8 nitrogen and oxygen atoms in total. The van der Waals surface area contributed by atoms with Crippen LogP contribution in [0.4, 0.5) is 0 Å². The van der Waals surface area contributed by atoms with Gasteiger partial charge in [-0.15, -0.1) is 0 Å². The number of hydrogen-bond donors (Lipinski definition) is 2.